The van der Waals surface area contributed by atoms with Gasteiger partial charge in [0.2, 0.25) is 5.91 Å². The van der Waals surface area contributed by atoms with Gasteiger partial charge in [-0.2, -0.15) is 0 Å². The molecule has 1 rings (SSSR count). The molecule has 0 aliphatic heterocycles. The van der Waals surface area contributed by atoms with Gasteiger partial charge in [-0.15, -0.1) is 0 Å². The highest BCUT2D eigenvalue weighted by Crippen LogP contribution is 2.29. The molecule has 0 saturated carbocycles. The molecule has 5 heteroatoms. The minimum atomic E-state index is -0.224. The van der Waals surface area contributed by atoms with Crippen LogP contribution in [0, 0.1) is 5.92 Å². The average molecular weight is 280 g/mol. The highest BCUT2D eigenvalue weighted by molar-refractivity contribution is 5.79. The molecule has 5 nitrogen and oxygen atoms in total. The summed E-state index contributed by atoms with van der Waals surface area (Å²) in [4.78, 5) is 12.0. The molecule has 3 atom stereocenters. The summed E-state index contributed by atoms with van der Waals surface area (Å²) in [5.41, 5.74) is 6.69. The van der Waals surface area contributed by atoms with Crippen LogP contribution in [0.5, 0.6) is 11.5 Å². The third-order valence-corrected chi connectivity index (χ3v) is 3.47. The first-order valence-electron chi connectivity index (χ1n) is 6.68. The van der Waals surface area contributed by atoms with Crippen LogP contribution in [-0.4, -0.2) is 26.2 Å². The third kappa shape index (κ3) is 3.87. The molecule has 0 spiro atoms. The predicted octanol–water partition coefficient (Wildman–Crippen LogP) is 1.86. The second kappa shape index (κ2) is 7.14. The zero-order valence-electron chi connectivity index (χ0n) is 12.8. The first-order chi connectivity index (χ1) is 9.40. The van der Waals surface area contributed by atoms with Gasteiger partial charge in [-0.1, -0.05) is 13.0 Å². The van der Waals surface area contributed by atoms with E-state index in [0.717, 1.165) is 5.56 Å². The number of carbonyl (C=O) groups is 1. The summed E-state index contributed by atoms with van der Waals surface area (Å²) in [5.74, 6) is 1.03. The van der Waals surface area contributed by atoms with E-state index in [1.807, 2.05) is 39.0 Å². The molecule has 0 saturated heterocycles. The maximum absolute atomic E-state index is 12.0. The van der Waals surface area contributed by atoms with Crippen LogP contribution in [0.25, 0.3) is 0 Å². The molecular formula is C15H24N2O3. The zero-order chi connectivity index (χ0) is 15.3. The Kier molecular flexibility index (Phi) is 5.82. The van der Waals surface area contributed by atoms with E-state index in [1.54, 1.807) is 14.2 Å². The summed E-state index contributed by atoms with van der Waals surface area (Å²) in [6, 6.07) is 5.30. The van der Waals surface area contributed by atoms with E-state index in [9.17, 15) is 4.79 Å². The maximum atomic E-state index is 12.0. The summed E-state index contributed by atoms with van der Waals surface area (Å²) in [6.45, 7) is 5.57. The molecule has 3 unspecified atom stereocenters. The van der Waals surface area contributed by atoms with Crippen LogP contribution in [0.3, 0.4) is 0 Å². The molecule has 0 radical (unpaired) electrons. The Morgan fingerprint density at radius 1 is 1.15 bits per heavy atom. The number of nitrogens with two attached hydrogens (primary N) is 1. The third-order valence-electron chi connectivity index (χ3n) is 3.47. The molecule has 0 aliphatic rings. The number of nitrogens with one attached hydrogen (secondary N) is 1. The van der Waals surface area contributed by atoms with Crippen molar-refractivity contribution in [2.24, 2.45) is 11.7 Å². The van der Waals surface area contributed by atoms with Gasteiger partial charge in [-0.05, 0) is 31.5 Å². The molecule has 20 heavy (non-hydrogen) atoms. The summed E-state index contributed by atoms with van der Waals surface area (Å²) in [7, 11) is 3.18. The van der Waals surface area contributed by atoms with Crippen molar-refractivity contribution in [3.05, 3.63) is 23.8 Å². The Morgan fingerprint density at radius 2 is 1.75 bits per heavy atom. The van der Waals surface area contributed by atoms with Gasteiger partial charge in [0.05, 0.1) is 20.3 Å². The zero-order valence-corrected chi connectivity index (χ0v) is 12.8. The standard InChI is InChI=1S/C15H24N2O3/c1-9(10(2)16)15(18)17-11(3)12-6-7-13(19-4)14(8-12)20-5/h6-11H,16H2,1-5H3,(H,17,18). The Morgan fingerprint density at radius 3 is 2.25 bits per heavy atom. The van der Waals surface area contributed by atoms with Crippen LogP contribution in [-0.2, 0) is 4.79 Å². The highest BCUT2D eigenvalue weighted by atomic mass is 16.5. The molecule has 0 aliphatic carbocycles. The van der Waals surface area contributed by atoms with Gasteiger partial charge < -0.3 is 20.5 Å². The van der Waals surface area contributed by atoms with Gasteiger partial charge in [0.15, 0.2) is 11.5 Å². The number of methoxy groups -OCH3 is 2. The average Bonchev–Trinajstić information content (AvgIpc) is 2.45. The lowest BCUT2D eigenvalue weighted by atomic mass is 10.0. The molecule has 0 fully saturated rings. The topological polar surface area (TPSA) is 73.6 Å². The number of hydrogen-bond donors (Lipinski definition) is 2. The molecule has 1 amide bonds. The Labute approximate surface area is 120 Å². The van der Waals surface area contributed by atoms with Crippen LogP contribution in [0.4, 0.5) is 0 Å². The number of benzene rings is 1. The molecule has 1 aromatic rings. The van der Waals surface area contributed by atoms with Crippen molar-refractivity contribution in [3.8, 4) is 11.5 Å². The first kappa shape index (κ1) is 16.3. The maximum Gasteiger partial charge on any atom is 0.224 e. The van der Waals surface area contributed by atoms with E-state index >= 15 is 0 Å². The van der Waals surface area contributed by atoms with Crippen molar-refractivity contribution in [1.29, 1.82) is 0 Å². The van der Waals surface area contributed by atoms with Gasteiger partial charge in [-0.25, -0.2) is 0 Å². The van der Waals surface area contributed by atoms with Crippen molar-refractivity contribution in [3.63, 3.8) is 0 Å². The smallest absolute Gasteiger partial charge is 0.224 e. The minimum absolute atomic E-state index is 0.0534. The fraction of sp³-hybridized carbons (Fsp3) is 0.533. The first-order valence-corrected chi connectivity index (χ1v) is 6.68. The van der Waals surface area contributed by atoms with Crippen molar-refractivity contribution in [2.75, 3.05) is 14.2 Å². The predicted molar refractivity (Wildman–Crippen MR) is 78.9 cm³/mol. The fourth-order valence-corrected chi connectivity index (χ4v) is 1.79. The van der Waals surface area contributed by atoms with Gasteiger partial charge in [0.25, 0.3) is 0 Å². The SMILES string of the molecule is COc1ccc(C(C)NC(=O)C(C)C(C)N)cc1OC. The minimum Gasteiger partial charge on any atom is -0.493 e. The van der Waals surface area contributed by atoms with Crippen LogP contribution < -0.4 is 20.5 Å². The molecule has 0 aromatic heterocycles. The lowest BCUT2D eigenvalue weighted by Crippen LogP contribution is -2.39. The van der Waals surface area contributed by atoms with E-state index in [1.165, 1.54) is 0 Å². The van der Waals surface area contributed by atoms with Gasteiger partial charge >= 0.3 is 0 Å². The Bertz CT molecular complexity index is 460. The van der Waals surface area contributed by atoms with Crippen LogP contribution in [0.15, 0.2) is 18.2 Å². The lowest BCUT2D eigenvalue weighted by Gasteiger charge is -2.20. The lowest BCUT2D eigenvalue weighted by molar-refractivity contribution is -0.125. The molecule has 0 heterocycles. The van der Waals surface area contributed by atoms with Crippen molar-refractivity contribution >= 4 is 5.91 Å². The van der Waals surface area contributed by atoms with Crippen LogP contribution in [0.2, 0.25) is 0 Å². The normalized spacial score (nSPS) is 15.1. The quantitative estimate of drug-likeness (QED) is 0.834. The number of ether oxygens (including phenoxy) is 2. The van der Waals surface area contributed by atoms with E-state index in [0.29, 0.717) is 11.5 Å². The van der Waals surface area contributed by atoms with Crippen molar-refractivity contribution in [2.45, 2.75) is 32.9 Å². The van der Waals surface area contributed by atoms with E-state index < -0.39 is 0 Å². The highest BCUT2D eigenvalue weighted by Gasteiger charge is 2.19. The van der Waals surface area contributed by atoms with Crippen LogP contribution in [0.1, 0.15) is 32.4 Å². The number of hydrogen-bond acceptors (Lipinski definition) is 4. The summed E-state index contributed by atoms with van der Waals surface area (Å²) in [5, 5.41) is 2.95. The van der Waals surface area contributed by atoms with Gasteiger partial charge in [0, 0.05) is 12.0 Å². The molecule has 3 N–H and O–H groups in total. The largest absolute Gasteiger partial charge is 0.493 e. The van der Waals surface area contributed by atoms with E-state index in [2.05, 4.69) is 5.32 Å². The summed E-state index contributed by atoms with van der Waals surface area (Å²) < 4.78 is 10.5. The van der Waals surface area contributed by atoms with Crippen LogP contribution >= 0.6 is 0 Å². The number of carbonyl (C=O) groups excluding carboxylic acids is 1. The van der Waals surface area contributed by atoms with Crippen molar-refractivity contribution in [1.82, 2.24) is 5.32 Å². The monoisotopic (exact) mass is 280 g/mol. The van der Waals surface area contributed by atoms with Crippen molar-refractivity contribution < 1.29 is 14.3 Å². The summed E-state index contributed by atoms with van der Waals surface area (Å²) in [6.07, 6.45) is 0. The molecule has 1 aromatic carbocycles. The Balaban J connectivity index is 2.82. The second-order valence-corrected chi connectivity index (χ2v) is 4.99. The second-order valence-electron chi connectivity index (χ2n) is 4.99. The van der Waals surface area contributed by atoms with E-state index in [4.69, 9.17) is 15.2 Å². The molecular weight excluding hydrogens is 256 g/mol. The molecule has 112 valence electrons. The number of rotatable bonds is 6. The van der Waals surface area contributed by atoms with Gasteiger partial charge in [0.1, 0.15) is 0 Å². The Hall–Kier alpha value is -1.75. The van der Waals surface area contributed by atoms with E-state index in [-0.39, 0.29) is 23.9 Å². The number of amides is 1. The molecule has 0 bridgehead atoms. The van der Waals surface area contributed by atoms with Gasteiger partial charge in [-0.3, -0.25) is 4.79 Å². The summed E-state index contributed by atoms with van der Waals surface area (Å²) >= 11 is 0. The fourth-order valence-electron chi connectivity index (χ4n) is 1.79.